The molecule has 2 aromatic carbocycles. The van der Waals surface area contributed by atoms with Gasteiger partial charge in [-0.2, -0.15) is 5.10 Å². The Hall–Kier alpha value is -4.42. The Bertz CT molecular complexity index is 2150. The average Bonchev–Trinajstić information content (AvgIpc) is 3.66. The summed E-state index contributed by atoms with van der Waals surface area (Å²) in [5.74, 6) is 0.0368. The van der Waals surface area contributed by atoms with Crippen LogP contribution < -0.4 is 9.46 Å². The van der Waals surface area contributed by atoms with E-state index in [1.807, 2.05) is 47.7 Å². The normalized spacial score (nSPS) is 16.8. The molecule has 1 saturated carbocycles. The number of rotatable bonds is 9. The van der Waals surface area contributed by atoms with Crippen LogP contribution in [0.25, 0.3) is 33.8 Å². The molecule has 0 bridgehead atoms. The maximum absolute atomic E-state index is 14.2. The molecule has 2 aromatic heterocycles. The van der Waals surface area contributed by atoms with Gasteiger partial charge in [0.15, 0.2) is 0 Å². The molecule has 3 aliphatic rings. The number of carbonyl (C=O) groups excluding carboxylic acids is 2. The number of amides is 2. The van der Waals surface area contributed by atoms with E-state index in [2.05, 4.69) is 35.3 Å². The third kappa shape index (κ3) is 6.90. The summed E-state index contributed by atoms with van der Waals surface area (Å²) >= 11 is 0. The van der Waals surface area contributed by atoms with E-state index in [1.54, 1.807) is 19.4 Å². The van der Waals surface area contributed by atoms with Crippen LogP contribution in [-0.2, 0) is 21.3 Å². The summed E-state index contributed by atoms with van der Waals surface area (Å²) in [6.45, 7) is 10.1. The standard InChI is InChI=1S/C40H49N5O6S/c1-25(2)24-52(48,49)42-39(46)28-11-13-33-35(21-28)44-23-30(37-34(22-41-45(37)26(3)4)40(47)43-15-17-51-18-16-43)19-29-20-31(50-5)12-14-32(29)38(44)36(33)27-9-7-6-8-10-27/h11-14,19-22,25-27H,6-10,15-18,23-24H2,1-5H3,(H,42,46). The van der Waals surface area contributed by atoms with Crippen LogP contribution in [0.4, 0.5) is 0 Å². The number of hydrogen-bond acceptors (Lipinski definition) is 7. The molecule has 0 atom stereocenters. The Morgan fingerprint density at radius 3 is 2.44 bits per heavy atom. The fraction of sp³-hybridized carbons (Fsp3) is 0.475. The molecule has 12 heteroatoms. The number of nitrogens with zero attached hydrogens (tertiary/aromatic N) is 4. The van der Waals surface area contributed by atoms with Crippen molar-refractivity contribution >= 4 is 44.4 Å². The van der Waals surface area contributed by atoms with Gasteiger partial charge in [0.2, 0.25) is 10.0 Å². The maximum Gasteiger partial charge on any atom is 0.264 e. The van der Waals surface area contributed by atoms with Gasteiger partial charge in [0.05, 0.1) is 55.8 Å². The molecule has 11 nitrogen and oxygen atoms in total. The summed E-state index contributed by atoms with van der Waals surface area (Å²) in [6.07, 6.45) is 9.46. The molecule has 1 aliphatic carbocycles. The van der Waals surface area contributed by atoms with Crippen LogP contribution in [0.5, 0.6) is 5.75 Å². The minimum absolute atomic E-state index is 0.0306. The molecule has 4 aromatic rings. The second-order valence-corrected chi connectivity index (χ2v) is 16.8. The van der Waals surface area contributed by atoms with Gasteiger partial charge < -0.3 is 18.9 Å². The SMILES string of the molecule is COc1ccc2c(c1)C=C(c1c(C(=O)N3CCOCC3)cnn1C(C)C)Cn1c-2c(C2CCCCC2)c2ccc(C(=O)NS(=O)(=O)CC(C)C)cc21. The number of ether oxygens (including phenoxy) is 2. The highest BCUT2D eigenvalue weighted by atomic mass is 32.2. The summed E-state index contributed by atoms with van der Waals surface area (Å²) < 4.78 is 43.4. The van der Waals surface area contributed by atoms with Crippen LogP contribution in [0.3, 0.4) is 0 Å². The molecule has 0 unspecified atom stereocenters. The van der Waals surface area contributed by atoms with E-state index in [4.69, 9.17) is 14.6 Å². The van der Waals surface area contributed by atoms with Gasteiger partial charge >= 0.3 is 0 Å². The van der Waals surface area contributed by atoms with E-state index in [-0.39, 0.29) is 29.2 Å². The molecule has 2 aliphatic heterocycles. The van der Waals surface area contributed by atoms with Crippen LogP contribution >= 0.6 is 0 Å². The summed E-state index contributed by atoms with van der Waals surface area (Å²) in [5, 5.41) is 5.82. The summed E-state index contributed by atoms with van der Waals surface area (Å²) in [4.78, 5) is 29.6. The van der Waals surface area contributed by atoms with Gasteiger partial charge in [-0.25, -0.2) is 13.1 Å². The fourth-order valence-electron chi connectivity index (χ4n) is 8.17. The number of allylic oxidation sites excluding steroid dienone is 1. The van der Waals surface area contributed by atoms with Crippen LogP contribution in [-0.4, -0.2) is 78.6 Å². The Balaban J connectivity index is 1.46. The predicted octanol–water partition coefficient (Wildman–Crippen LogP) is 6.88. The molecule has 4 heterocycles. The van der Waals surface area contributed by atoms with Gasteiger partial charge in [-0.3, -0.25) is 14.3 Å². The molecule has 1 saturated heterocycles. The first-order valence-corrected chi connectivity index (χ1v) is 20.2. The van der Waals surface area contributed by atoms with E-state index < -0.39 is 15.9 Å². The first-order chi connectivity index (χ1) is 25.0. The zero-order valence-electron chi connectivity index (χ0n) is 30.8. The molecule has 7 rings (SSSR count). The smallest absolute Gasteiger partial charge is 0.264 e. The molecule has 52 heavy (non-hydrogen) atoms. The maximum atomic E-state index is 14.2. The van der Waals surface area contributed by atoms with Crippen molar-refractivity contribution in [3.05, 3.63) is 70.5 Å². The Morgan fingerprint density at radius 1 is 1.00 bits per heavy atom. The van der Waals surface area contributed by atoms with Gasteiger partial charge in [-0.15, -0.1) is 0 Å². The van der Waals surface area contributed by atoms with Crippen molar-refractivity contribution in [2.45, 2.75) is 78.3 Å². The minimum atomic E-state index is -3.82. The average molecular weight is 728 g/mol. The van der Waals surface area contributed by atoms with E-state index in [9.17, 15) is 18.0 Å². The van der Waals surface area contributed by atoms with E-state index in [0.717, 1.165) is 70.4 Å². The highest BCUT2D eigenvalue weighted by Gasteiger charge is 2.33. The molecule has 2 amide bonds. The van der Waals surface area contributed by atoms with Crippen LogP contribution in [0.2, 0.25) is 0 Å². The number of morpholine rings is 1. The first kappa shape index (κ1) is 36.0. The van der Waals surface area contributed by atoms with Crippen molar-refractivity contribution in [3.8, 4) is 17.0 Å². The van der Waals surface area contributed by atoms with Gasteiger partial charge in [0.25, 0.3) is 11.8 Å². The Kier molecular flexibility index (Phi) is 10.1. The van der Waals surface area contributed by atoms with Gasteiger partial charge in [0, 0.05) is 41.2 Å². The predicted molar refractivity (Wildman–Crippen MR) is 203 cm³/mol. The zero-order valence-corrected chi connectivity index (χ0v) is 31.6. The molecule has 2 fully saturated rings. The summed E-state index contributed by atoms with van der Waals surface area (Å²) in [5.41, 5.74) is 7.63. The number of sulfonamides is 1. The summed E-state index contributed by atoms with van der Waals surface area (Å²) in [7, 11) is -2.16. The number of nitrogens with one attached hydrogen (secondary N) is 1. The van der Waals surface area contributed by atoms with Gasteiger partial charge in [-0.05, 0) is 91.6 Å². The van der Waals surface area contributed by atoms with Crippen molar-refractivity contribution in [2.24, 2.45) is 5.92 Å². The summed E-state index contributed by atoms with van der Waals surface area (Å²) in [6, 6.07) is 11.7. The fourth-order valence-corrected chi connectivity index (χ4v) is 9.54. The molecule has 0 spiro atoms. The second-order valence-electron chi connectivity index (χ2n) is 15.0. The monoisotopic (exact) mass is 727 g/mol. The van der Waals surface area contributed by atoms with E-state index in [0.29, 0.717) is 44.3 Å². The highest BCUT2D eigenvalue weighted by Crippen LogP contribution is 2.48. The third-order valence-corrected chi connectivity index (χ3v) is 12.1. The topological polar surface area (TPSA) is 125 Å². The lowest BCUT2D eigenvalue weighted by Gasteiger charge is -2.27. The van der Waals surface area contributed by atoms with Crippen molar-refractivity contribution in [2.75, 3.05) is 39.2 Å². The minimum Gasteiger partial charge on any atom is -0.497 e. The van der Waals surface area contributed by atoms with Crippen molar-refractivity contribution < 1.29 is 27.5 Å². The molecule has 1 N–H and O–H groups in total. The quantitative estimate of drug-likeness (QED) is 0.199. The molecule has 276 valence electrons. The van der Waals surface area contributed by atoms with E-state index in [1.165, 1.54) is 12.0 Å². The lowest BCUT2D eigenvalue weighted by Crippen LogP contribution is -2.41. The Labute approximate surface area is 306 Å². The molecular formula is C40H49N5O6S. The molecular weight excluding hydrogens is 679 g/mol. The van der Waals surface area contributed by atoms with Crippen molar-refractivity contribution in [1.29, 1.82) is 0 Å². The lowest BCUT2D eigenvalue weighted by molar-refractivity contribution is 0.0302. The van der Waals surface area contributed by atoms with E-state index >= 15 is 0 Å². The number of carbonyl (C=O) groups is 2. The highest BCUT2D eigenvalue weighted by molar-refractivity contribution is 7.90. The second kappa shape index (κ2) is 14.5. The molecule has 0 radical (unpaired) electrons. The number of methoxy groups -OCH3 is 1. The lowest BCUT2D eigenvalue weighted by atomic mass is 9.81. The van der Waals surface area contributed by atoms with Crippen LogP contribution in [0.15, 0.2) is 42.6 Å². The number of fused-ring (bicyclic) bond motifs is 5. The number of aromatic nitrogens is 3. The third-order valence-electron chi connectivity index (χ3n) is 10.5. The van der Waals surface area contributed by atoms with Crippen LogP contribution in [0.1, 0.15) is 109 Å². The van der Waals surface area contributed by atoms with Gasteiger partial charge in [0.1, 0.15) is 5.75 Å². The largest absolute Gasteiger partial charge is 0.497 e. The van der Waals surface area contributed by atoms with Crippen LogP contribution in [0, 0.1) is 5.92 Å². The van der Waals surface area contributed by atoms with Crippen molar-refractivity contribution in [1.82, 2.24) is 24.0 Å². The number of hydrogen-bond donors (Lipinski definition) is 1. The van der Waals surface area contributed by atoms with Crippen molar-refractivity contribution in [3.63, 3.8) is 0 Å². The first-order valence-electron chi connectivity index (χ1n) is 18.5. The number of benzene rings is 2. The Morgan fingerprint density at radius 2 is 1.75 bits per heavy atom. The van der Waals surface area contributed by atoms with Gasteiger partial charge in [-0.1, -0.05) is 39.2 Å². The zero-order chi connectivity index (χ0) is 36.7.